The molecule has 6 aromatic carbocycles. The lowest BCUT2D eigenvalue weighted by Crippen LogP contribution is -1.85. The van der Waals surface area contributed by atoms with Crippen molar-refractivity contribution in [3.63, 3.8) is 0 Å². The molecule has 1 nitrogen and oxygen atoms in total. The SMILES string of the molecule is c1ccc(-c2cnc3ccc(-c4ccc(-c5ccc6c(ccc7ccccc76)c5)cc4)cc3c2)cc1. The summed E-state index contributed by atoms with van der Waals surface area (Å²) < 4.78 is 0. The predicted molar refractivity (Wildman–Crippen MR) is 153 cm³/mol. The Labute approximate surface area is 210 Å². The van der Waals surface area contributed by atoms with E-state index in [4.69, 9.17) is 0 Å². The molecule has 0 spiro atoms. The van der Waals surface area contributed by atoms with E-state index in [1.54, 1.807) is 0 Å². The van der Waals surface area contributed by atoms with Gasteiger partial charge in [-0.25, -0.2) is 0 Å². The van der Waals surface area contributed by atoms with Crippen LogP contribution in [0.15, 0.2) is 140 Å². The molecule has 0 radical (unpaired) electrons. The van der Waals surface area contributed by atoms with Gasteiger partial charge in [-0.05, 0) is 73.6 Å². The Morgan fingerprint density at radius 1 is 0.333 bits per heavy atom. The second kappa shape index (κ2) is 8.48. The number of aromatic nitrogens is 1. The zero-order valence-electron chi connectivity index (χ0n) is 19.7. The Morgan fingerprint density at radius 3 is 1.69 bits per heavy atom. The molecule has 7 aromatic rings. The molecule has 168 valence electrons. The first kappa shape index (κ1) is 20.6. The van der Waals surface area contributed by atoms with Crippen LogP contribution in [0.3, 0.4) is 0 Å². The highest BCUT2D eigenvalue weighted by atomic mass is 14.6. The monoisotopic (exact) mass is 457 g/mol. The van der Waals surface area contributed by atoms with E-state index < -0.39 is 0 Å². The zero-order chi connectivity index (χ0) is 23.9. The minimum atomic E-state index is 1.01. The van der Waals surface area contributed by atoms with Crippen LogP contribution in [0.2, 0.25) is 0 Å². The summed E-state index contributed by atoms with van der Waals surface area (Å²) in [4.78, 5) is 4.69. The Kier molecular flexibility index (Phi) is 4.85. The van der Waals surface area contributed by atoms with Crippen molar-refractivity contribution in [1.29, 1.82) is 0 Å². The summed E-state index contributed by atoms with van der Waals surface area (Å²) in [5.41, 5.74) is 8.20. The summed E-state index contributed by atoms with van der Waals surface area (Å²) in [5.74, 6) is 0. The van der Waals surface area contributed by atoms with Gasteiger partial charge in [0.25, 0.3) is 0 Å². The third kappa shape index (κ3) is 3.62. The smallest absolute Gasteiger partial charge is 0.0702 e. The van der Waals surface area contributed by atoms with E-state index in [1.807, 2.05) is 12.3 Å². The van der Waals surface area contributed by atoms with E-state index in [2.05, 4.69) is 132 Å². The van der Waals surface area contributed by atoms with Gasteiger partial charge in [0.2, 0.25) is 0 Å². The Hall–Kier alpha value is -4.75. The van der Waals surface area contributed by atoms with Crippen molar-refractivity contribution in [2.75, 3.05) is 0 Å². The zero-order valence-corrected chi connectivity index (χ0v) is 19.7. The lowest BCUT2D eigenvalue weighted by Gasteiger charge is -2.09. The van der Waals surface area contributed by atoms with E-state index in [1.165, 1.54) is 49.4 Å². The van der Waals surface area contributed by atoms with Crippen LogP contribution in [0.1, 0.15) is 0 Å². The molecule has 1 heterocycles. The van der Waals surface area contributed by atoms with Gasteiger partial charge in [-0.3, -0.25) is 4.98 Å². The minimum Gasteiger partial charge on any atom is -0.256 e. The number of hydrogen-bond acceptors (Lipinski definition) is 1. The Balaban J connectivity index is 1.23. The topological polar surface area (TPSA) is 12.9 Å². The van der Waals surface area contributed by atoms with Gasteiger partial charge in [-0.2, -0.15) is 0 Å². The molecule has 0 aliphatic heterocycles. The van der Waals surface area contributed by atoms with Crippen LogP contribution in [0.25, 0.3) is 65.8 Å². The van der Waals surface area contributed by atoms with Gasteiger partial charge in [0.05, 0.1) is 5.52 Å². The lowest BCUT2D eigenvalue weighted by molar-refractivity contribution is 1.41. The summed E-state index contributed by atoms with van der Waals surface area (Å²) in [6, 6.07) is 47.8. The molecule has 36 heavy (non-hydrogen) atoms. The first-order valence-electron chi connectivity index (χ1n) is 12.3. The van der Waals surface area contributed by atoms with Crippen LogP contribution in [-0.4, -0.2) is 4.98 Å². The highest BCUT2D eigenvalue weighted by Gasteiger charge is 2.06. The number of benzene rings is 6. The van der Waals surface area contributed by atoms with Crippen molar-refractivity contribution in [3.05, 3.63) is 140 Å². The first-order valence-corrected chi connectivity index (χ1v) is 12.3. The molecule has 0 saturated heterocycles. The van der Waals surface area contributed by atoms with E-state index in [0.29, 0.717) is 0 Å². The number of rotatable bonds is 3. The summed E-state index contributed by atoms with van der Waals surface area (Å²) in [6.07, 6.45) is 1.96. The molecular weight excluding hydrogens is 434 g/mol. The second-order valence-corrected chi connectivity index (χ2v) is 9.30. The van der Waals surface area contributed by atoms with Gasteiger partial charge in [-0.15, -0.1) is 0 Å². The molecule has 7 rings (SSSR count). The summed E-state index contributed by atoms with van der Waals surface area (Å²) in [7, 11) is 0. The number of pyridine rings is 1. The van der Waals surface area contributed by atoms with Crippen LogP contribution in [0.4, 0.5) is 0 Å². The minimum absolute atomic E-state index is 1.01. The van der Waals surface area contributed by atoms with Crippen LogP contribution in [-0.2, 0) is 0 Å². The first-order chi connectivity index (χ1) is 17.8. The maximum atomic E-state index is 4.69. The molecule has 0 N–H and O–H groups in total. The number of fused-ring (bicyclic) bond motifs is 4. The standard InChI is InChI=1S/C35H23N/c1-2-6-24(7-3-1)32-22-31-21-29(17-19-35(31)36-23-32)26-12-10-25(11-13-26)28-16-18-34-30(20-28)15-14-27-8-4-5-9-33(27)34/h1-23H. The molecule has 0 atom stereocenters. The van der Waals surface area contributed by atoms with Gasteiger partial charge in [0.1, 0.15) is 0 Å². The summed E-state index contributed by atoms with van der Waals surface area (Å²) in [5, 5.41) is 6.31. The molecule has 0 amide bonds. The van der Waals surface area contributed by atoms with Gasteiger partial charge >= 0.3 is 0 Å². The maximum absolute atomic E-state index is 4.69. The third-order valence-electron chi connectivity index (χ3n) is 7.08. The largest absolute Gasteiger partial charge is 0.256 e. The van der Waals surface area contributed by atoms with E-state index >= 15 is 0 Å². The fourth-order valence-corrected chi connectivity index (χ4v) is 5.15. The summed E-state index contributed by atoms with van der Waals surface area (Å²) in [6.45, 7) is 0. The van der Waals surface area contributed by atoms with E-state index in [9.17, 15) is 0 Å². The van der Waals surface area contributed by atoms with Crippen molar-refractivity contribution < 1.29 is 0 Å². The van der Waals surface area contributed by atoms with Crippen molar-refractivity contribution in [1.82, 2.24) is 4.98 Å². The molecule has 0 aliphatic rings. The quantitative estimate of drug-likeness (QED) is 0.241. The number of hydrogen-bond donors (Lipinski definition) is 0. The molecule has 0 bridgehead atoms. The Bertz CT molecular complexity index is 1870. The van der Waals surface area contributed by atoms with Gasteiger partial charge in [0.15, 0.2) is 0 Å². The van der Waals surface area contributed by atoms with E-state index in [0.717, 1.165) is 16.5 Å². The van der Waals surface area contributed by atoms with Gasteiger partial charge in [-0.1, -0.05) is 109 Å². The van der Waals surface area contributed by atoms with Crippen LogP contribution >= 0.6 is 0 Å². The van der Waals surface area contributed by atoms with E-state index in [-0.39, 0.29) is 0 Å². The molecule has 0 saturated carbocycles. The van der Waals surface area contributed by atoms with Crippen molar-refractivity contribution in [2.45, 2.75) is 0 Å². The van der Waals surface area contributed by atoms with Crippen LogP contribution in [0, 0.1) is 0 Å². The van der Waals surface area contributed by atoms with Gasteiger partial charge in [0, 0.05) is 17.1 Å². The molecule has 1 heteroatoms. The fourth-order valence-electron chi connectivity index (χ4n) is 5.15. The van der Waals surface area contributed by atoms with Crippen LogP contribution in [0.5, 0.6) is 0 Å². The third-order valence-corrected chi connectivity index (χ3v) is 7.08. The van der Waals surface area contributed by atoms with Gasteiger partial charge < -0.3 is 0 Å². The maximum Gasteiger partial charge on any atom is 0.0702 e. The highest BCUT2D eigenvalue weighted by molar-refractivity contribution is 6.08. The lowest BCUT2D eigenvalue weighted by atomic mass is 9.96. The average molecular weight is 458 g/mol. The molecule has 0 aliphatic carbocycles. The van der Waals surface area contributed by atoms with Crippen molar-refractivity contribution >= 4 is 32.4 Å². The van der Waals surface area contributed by atoms with Crippen molar-refractivity contribution in [2.24, 2.45) is 0 Å². The highest BCUT2D eigenvalue weighted by Crippen LogP contribution is 2.32. The fraction of sp³-hybridized carbons (Fsp3) is 0. The second-order valence-electron chi connectivity index (χ2n) is 9.30. The molecule has 0 unspecified atom stereocenters. The molecular formula is C35H23N. The van der Waals surface area contributed by atoms with Crippen LogP contribution < -0.4 is 0 Å². The number of nitrogens with zero attached hydrogens (tertiary/aromatic N) is 1. The molecule has 0 fully saturated rings. The average Bonchev–Trinajstić information content (AvgIpc) is 2.97. The Morgan fingerprint density at radius 2 is 0.889 bits per heavy atom. The predicted octanol–water partition coefficient (Wildman–Crippen LogP) is 9.54. The molecule has 1 aromatic heterocycles. The normalized spacial score (nSPS) is 11.3. The van der Waals surface area contributed by atoms with Crippen molar-refractivity contribution in [3.8, 4) is 33.4 Å². The summed E-state index contributed by atoms with van der Waals surface area (Å²) >= 11 is 0.